The first-order chi connectivity index (χ1) is 12.2. The summed E-state index contributed by atoms with van der Waals surface area (Å²) in [6.45, 7) is 0. The Morgan fingerprint density at radius 2 is 1.80 bits per heavy atom. The average molecular weight is 352 g/mol. The van der Waals surface area contributed by atoms with Crippen LogP contribution in [0.5, 0.6) is 5.75 Å². The maximum absolute atomic E-state index is 12.1. The molecule has 2 aromatic heterocycles. The van der Waals surface area contributed by atoms with E-state index < -0.39 is 5.63 Å². The molecule has 0 atom stereocenters. The Kier molecular flexibility index (Phi) is 3.99. The predicted molar refractivity (Wildman–Crippen MR) is 92.9 cm³/mol. The maximum Gasteiger partial charge on any atom is 0.350 e. The summed E-state index contributed by atoms with van der Waals surface area (Å²) < 4.78 is 16.3. The number of hydrogen-bond acceptors (Lipinski definition) is 7. The highest BCUT2D eigenvalue weighted by Gasteiger charge is 2.15. The molecule has 4 rings (SSSR count). The van der Waals surface area contributed by atoms with E-state index in [4.69, 9.17) is 13.6 Å². The lowest BCUT2D eigenvalue weighted by Gasteiger charge is -2.03. The van der Waals surface area contributed by atoms with E-state index in [1.54, 1.807) is 19.2 Å². The van der Waals surface area contributed by atoms with Gasteiger partial charge in [-0.3, -0.25) is 0 Å². The van der Waals surface area contributed by atoms with Crippen LogP contribution in [0.15, 0.2) is 78.3 Å². The first-order valence-electron chi connectivity index (χ1n) is 7.42. The first-order valence-corrected chi connectivity index (χ1v) is 8.24. The lowest BCUT2D eigenvalue weighted by Crippen LogP contribution is -2.01. The predicted octanol–water partition coefficient (Wildman–Crippen LogP) is 4.00. The van der Waals surface area contributed by atoms with Crippen LogP contribution in [0.25, 0.3) is 22.4 Å². The molecule has 0 saturated heterocycles. The second kappa shape index (κ2) is 6.45. The number of methoxy groups -OCH3 is 1. The van der Waals surface area contributed by atoms with Gasteiger partial charge in [-0.1, -0.05) is 30.3 Å². The molecule has 0 amide bonds. The Labute approximate surface area is 146 Å². The summed E-state index contributed by atoms with van der Waals surface area (Å²) in [4.78, 5) is 12.5. The zero-order chi connectivity index (χ0) is 17.2. The van der Waals surface area contributed by atoms with Gasteiger partial charge in [-0.05, 0) is 36.0 Å². The zero-order valence-electron chi connectivity index (χ0n) is 13.1. The molecule has 2 aromatic carbocycles. The molecule has 2 heterocycles. The third-order valence-electron chi connectivity index (χ3n) is 3.55. The fraction of sp³-hybridized carbons (Fsp3) is 0.0556. The average Bonchev–Trinajstić information content (AvgIpc) is 3.10. The van der Waals surface area contributed by atoms with Gasteiger partial charge in [0.15, 0.2) is 0 Å². The number of rotatable bonds is 4. The van der Waals surface area contributed by atoms with Gasteiger partial charge < -0.3 is 13.6 Å². The van der Waals surface area contributed by atoms with Crippen LogP contribution in [0, 0.1) is 0 Å². The minimum atomic E-state index is -0.444. The van der Waals surface area contributed by atoms with Crippen LogP contribution in [-0.4, -0.2) is 17.3 Å². The Balaban J connectivity index is 1.68. The van der Waals surface area contributed by atoms with Gasteiger partial charge in [0.05, 0.1) is 12.7 Å². The van der Waals surface area contributed by atoms with Crippen molar-refractivity contribution in [2.45, 2.75) is 10.1 Å². The summed E-state index contributed by atoms with van der Waals surface area (Å²) in [7, 11) is 1.57. The van der Waals surface area contributed by atoms with Gasteiger partial charge in [-0.15, -0.1) is 10.2 Å². The van der Waals surface area contributed by atoms with Crippen molar-refractivity contribution in [2.24, 2.45) is 0 Å². The van der Waals surface area contributed by atoms with Crippen molar-refractivity contribution in [1.29, 1.82) is 0 Å². The largest absolute Gasteiger partial charge is 0.496 e. The fourth-order valence-corrected chi connectivity index (χ4v) is 3.09. The second-order valence-corrected chi connectivity index (χ2v) is 6.10. The molecule has 0 unspecified atom stereocenters. The van der Waals surface area contributed by atoms with Crippen molar-refractivity contribution in [3.63, 3.8) is 0 Å². The van der Waals surface area contributed by atoms with E-state index in [0.29, 0.717) is 27.7 Å². The Morgan fingerprint density at radius 1 is 1.00 bits per heavy atom. The zero-order valence-corrected chi connectivity index (χ0v) is 13.9. The summed E-state index contributed by atoms with van der Waals surface area (Å²) in [5.74, 6) is 0.957. The highest BCUT2D eigenvalue weighted by atomic mass is 32.2. The molecule has 0 aliphatic rings. The molecule has 7 heteroatoms. The van der Waals surface area contributed by atoms with E-state index in [-0.39, 0.29) is 5.22 Å². The van der Waals surface area contributed by atoms with Gasteiger partial charge in [0.25, 0.3) is 11.1 Å². The van der Waals surface area contributed by atoms with Crippen molar-refractivity contribution < 1.29 is 13.6 Å². The molecule has 0 N–H and O–H groups in total. The Hall–Kier alpha value is -3.06. The van der Waals surface area contributed by atoms with Crippen molar-refractivity contribution >= 4 is 22.7 Å². The van der Waals surface area contributed by atoms with E-state index in [2.05, 4.69) is 10.2 Å². The maximum atomic E-state index is 12.1. The van der Waals surface area contributed by atoms with E-state index >= 15 is 0 Å². The molecule has 0 bridgehead atoms. The van der Waals surface area contributed by atoms with Crippen molar-refractivity contribution in [3.05, 3.63) is 65.0 Å². The number of ether oxygens (including phenoxy) is 1. The molecule has 0 fully saturated rings. The summed E-state index contributed by atoms with van der Waals surface area (Å²) in [5, 5.41) is 9.11. The number of benzene rings is 2. The van der Waals surface area contributed by atoms with Gasteiger partial charge in [0.2, 0.25) is 0 Å². The molecule has 0 saturated carbocycles. The van der Waals surface area contributed by atoms with Gasteiger partial charge >= 0.3 is 5.63 Å². The molecule has 4 aromatic rings. The highest BCUT2D eigenvalue weighted by molar-refractivity contribution is 7.99. The van der Waals surface area contributed by atoms with Crippen LogP contribution >= 0.6 is 11.8 Å². The van der Waals surface area contributed by atoms with Crippen LogP contribution in [0.2, 0.25) is 0 Å². The topological polar surface area (TPSA) is 78.4 Å². The monoisotopic (exact) mass is 352 g/mol. The fourth-order valence-electron chi connectivity index (χ4n) is 2.39. The minimum Gasteiger partial charge on any atom is -0.496 e. The number of hydrogen-bond donors (Lipinski definition) is 0. The molecule has 124 valence electrons. The highest BCUT2D eigenvalue weighted by Crippen LogP contribution is 2.32. The molecular formula is C18H12N2O4S. The standard InChI is InChI=1S/C18H12N2O4S/c1-22-14-9-5-3-7-12(14)16-19-20-18(24-16)25-15-10-11-6-2-4-8-13(11)23-17(15)21/h2-10H,1H3. The molecular weight excluding hydrogens is 340 g/mol. The van der Waals surface area contributed by atoms with Crippen LogP contribution in [0.3, 0.4) is 0 Å². The molecule has 0 radical (unpaired) electrons. The Morgan fingerprint density at radius 3 is 2.68 bits per heavy atom. The third kappa shape index (κ3) is 3.01. The minimum absolute atomic E-state index is 0.253. The lowest BCUT2D eigenvalue weighted by atomic mass is 10.2. The summed E-state index contributed by atoms with van der Waals surface area (Å²) >= 11 is 1.07. The summed E-state index contributed by atoms with van der Waals surface area (Å²) in [5.41, 5.74) is 0.785. The SMILES string of the molecule is COc1ccccc1-c1nnc(Sc2cc3ccccc3oc2=O)o1. The number of fused-ring (bicyclic) bond motifs is 1. The number of aromatic nitrogens is 2. The summed E-state index contributed by atoms with van der Waals surface area (Å²) in [6.07, 6.45) is 0. The van der Waals surface area contributed by atoms with Gasteiger partial charge in [-0.25, -0.2) is 4.79 Å². The molecule has 0 aliphatic carbocycles. The normalized spacial score (nSPS) is 10.9. The van der Waals surface area contributed by atoms with E-state index in [0.717, 1.165) is 17.1 Å². The molecule has 25 heavy (non-hydrogen) atoms. The molecule has 6 nitrogen and oxygen atoms in total. The van der Waals surface area contributed by atoms with Gasteiger partial charge in [0.1, 0.15) is 16.2 Å². The van der Waals surface area contributed by atoms with E-state index in [9.17, 15) is 4.79 Å². The molecule has 0 aliphatic heterocycles. The number of para-hydroxylation sites is 2. The van der Waals surface area contributed by atoms with Crippen LogP contribution < -0.4 is 10.4 Å². The smallest absolute Gasteiger partial charge is 0.350 e. The van der Waals surface area contributed by atoms with Crippen molar-refractivity contribution in [1.82, 2.24) is 10.2 Å². The lowest BCUT2D eigenvalue weighted by molar-refractivity contribution is 0.411. The van der Waals surface area contributed by atoms with E-state index in [1.165, 1.54) is 0 Å². The number of nitrogens with zero attached hydrogens (tertiary/aromatic N) is 2. The van der Waals surface area contributed by atoms with Crippen LogP contribution in [0.4, 0.5) is 0 Å². The van der Waals surface area contributed by atoms with Gasteiger partial charge in [-0.2, -0.15) is 0 Å². The molecule has 0 spiro atoms. The van der Waals surface area contributed by atoms with Gasteiger partial charge in [0, 0.05) is 5.39 Å². The first kappa shape index (κ1) is 15.5. The van der Waals surface area contributed by atoms with Crippen LogP contribution in [-0.2, 0) is 0 Å². The Bertz CT molecular complexity index is 1100. The van der Waals surface area contributed by atoms with E-state index in [1.807, 2.05) is 42.5 Å². The summed E-state index contributed by atoms with van der Waals surface area (Å²) in [6, 6.07) is 16.4. The third-order valence-corrected chi connectivity index (χ3v) is 4.39. The van der Waals surface area contributed by atoms with Crippen molar-refractivity contribution in [2.75, 3.05) is 7.11 Å². The van der Waals surface area contributed by atoms with Crippen molar-refractivity contribution in [3.8, 4) is 17.2 Å². The quantitative estimate of drug-likeness (QED) is 0.514. The van der Waals surface area contributed by atoms with Crippen LogP contribution in [0.1, 0.15) is 0 Å². The second-order valence-electron chi connectivity index (χ2n) is 5.11.